The fraction of sp³-hybridized carbons (Fsp3) is 0.385. The maximum absolute atomic E-state index is 10.7. The third-order valence-corrected chi connectivity index (χ3v) is 3.58. The van der Waals surface area contributed by atoms with Crippen molar-refractivity contribution in [2.45, 2.75) is 25.8 Å². The number of aromatic nitrogens is 2. The van der Waals surface area contributed by atoms with Crippen LogP contribution >= 0.6 is 11.6 Å². The number of hydrogen-bond acceptors (Lipinski definition) is 6. The Balaban J connectivity index is 1.60. The Morgan fingerprint density at radius 3 is 2.90 bits per heavy atom. The highest BCUT2D eigenvalue weighted by Crippen LogP contribution is 2.32. The van der Waals surface area contributed by atoms with E-state index in [0.29, 0.717) is 24.4 Å². The zero-order valence-corrected chi connectivity index (χ0v) is 11.8. The topological polar surface area (TPSA) is 94.1 Å². The standard InChI is InChI=1S/C13H13ClN4O3/c14-10-5-9(3-4-11(10)18(19)20)7-15-13-17-16-12(21-13)6-8-1-2-8/h3-5,8H,1-2,6-7H2,(H,15,17). The number of nitrogens with one attached hydrogen (secondary N) is 1. The van der Waals surface area contributed by atoms with E-state index in [9.17, 15) is 10.1 Å². The molecular weight excluding hydrogens is 296 g/mol. The number of anilines is 1. The zero-order chi connectivity index (χ0) is 14.8. The molecule has 0 spiro atoms. The van der Waals surface area contributed by atoms with Crippen molar-refractivity contribution in [2.24, 2.45) is 5.92 Å². The van der Waals surface area contributed by atoms with Gasteiger partial charge in [0.1, 0.15) is 5.02 Å². The fourth-order valence-corrected chi connectivity index (χ4v) is 2.23. The summed E-state index contributed by atoms with van der Waals surface area (Å²) in [5.41, 5.74) is 0.692. The van der Waals surface area contributed by atoms with Crippen LogP contribution in [0.3, 0.4) is 0 Å². The Kier molecular flexibility index (Phi) is 3.74. The van der Waals surface area contributed by atoms with Gasteiger partial charge >= 0.3 is 6.01 Å². The summed E-state index contributed by atoms with van der Waals surface area (Å²) in [6.07, 6.45) is 3.29. The van der Waals surface area contributed by atoms with Crippen molar-refractivity contribution in [2.75, 3.05) is 5.32 Å². The van der Waals surface area contributed by atoms with Gasteiger partial charge in [0.25, 0.3) is 5.69 Å². The molecule has 8 heteroatoms. The maximum atomic E-state index is 10.7. The number of halogens is 1. The molecule has 0 amide bonds. The van der Waals surface area contributed by atoms with Crippen molar-refractivity contribution >= 4 is 23.3 Å². The van der Waals surface area contributed by atoms with E-state index in [0.717, 1.165) is 12.0 Å². The summed E-state index contributed by atoms with van der Waals surface area (Å²) in [5.74, 6) is 1.33. The minimum absolute atomic E-state index is 0.107. The predicted octanol–water partition coefficient (Wildman–Crippen LogP) is 3.20. The van der Waals surface area contributed by atoms with Gasteiger partial charge in [0.15, 0.2) is 0 Å². The minimum atomic E-state index is -0.512. The Bertz CT molecular complexity index is 669. The molecule has 1 aromatic heterocycles. The van der Waals surface area contributed by atoms with E-state index in [1.807, 2.05) is 0 Å². The molecule has 0 atom stereocenters. The molecule has 1 N–H and O–H groups in total. The van der Waals surface area contributed by atoms with Crippen LogP contribution in [0.4, 0.5) is 11.7 Å². The Morgan fingerprint density at radius 1 is 1.43 bits per heavy atom. The van der Waals surface area contributed by atoms with Crippen LogP contribution in [0.15, 0.2) is 22.6 Å². The molecule has 0 radical (unpaired) electrons. The van der Waals surface area contributed by atoms with Gasteiger partial charge < -0.3 is 9.73 Å². The first kappa shape index (κ1) is 13.8. The van der Waals surface area contributed by atoms with Crippen LogP contribution < -0.4 is 5.32 Å². The van der Waals surface area contributed by atoms with E-state index in [1.54, 1.807) is 12.1 Å². The van der Waals surface area contributed by atoms with Crippen LogP contribution in [-0.2, 0) is 13.0 Å². The summed E-state index contributed by atoms with van der Waals surface area (Å²) < 4.78 is 5.47. The predicted molar refractivity (Wildman–Crippen MR) is 76.2 cm³/mol. The first-order valence-electron chi connectivity index (χ1n) is 6.61. The molecule has 1 aromatic carbocycles. The third kappa shape index (κ3) is 3.49. The summed E-state index contributed by atoms with van der Waals surface area (Å²) in [6, 6.07) is 4.92. The van der Waals surface area contributed by atoms with Crippen LogP contribution in [0.2, 0.25) is 5.02 Å². The summed E-state index contributed by atoms with van der Waals surface area (Å²) >= 11 is 5.85. The molecule has 1 heterocycles. The summed E-state index contributed by atoms with van der Waals surface area (Å²) in [7, 11) is 0. The number of nitro groups is 1. The van der Waals surface area contributed by atoms with Crippen LogP contribution in [0.5, 0.6) is 0 Å². The second kappa shape index (κ2) is 5.69. The fourth-order valence-electron chi connectivity index (χ4n) is 1.96. The van der Waals surface area contributed by atoms with Gasteiger partial charge in [-0.3, -0.25) is 10.1 Å². The molecule has 1 aliphatic carbocycles. The molecule has 1 fully saturated rings. The number of benzene rings is 1. The molecule has 1 saturated carbocycles. The molecule has 0 bridgehead atoms. The molecule has 0 saturated heterocycles. The van der Waals surface area contributed by atoms with Crippen LogP contribution in [0.1, 0.15) is 24.3 Å². The van der Waals surface area contributed by atoms with Crippen LogP contribution in [0.25, 0.3) is 0 Å². The SMILES string of the molecule is O=[N+]([O-])c1ccc(CNc2nnc(CC3CC3)o2)cc1Cl. The monoisotopic (exact) mass is 308 g/mol. The first-order valence-corrected chi connectivity index (χ1v) is 6.98. The van der Waals surface area contributed by atoms with Crippen molar-refractivity contribution in [3.63, 3.8) is 0 Å². The van der Waals surface area contributed by atoms with Crippen molar-refractivity contribution < 1.29 is 9.34 Å². The average Bonchev–Trinajstić information content (AvgIpc) is 3.13. The lowest BCUT2D eigenvalue weighted by molar-refractivity contribution is -0.384. The quantitative estimate of drug-likeness (QED) is 0.650. The van der Waals surface area contributed by atoms with Gasteiger partial charge in [0, 0.05) is 19.0 Å². The lowest BCUT2D eigenvalue weighted by Gasteiger charge is -2.02. The van der Waals surface area contributed by atoms with Crippen molar-refractivity contribution in [3.05, 3.63) is 44.8 Å². The van der Waals surface area contributed by atoms with E-state index in [2.05, 4.69) is 15.5 Å². The largest absolute Gasteiger partial charge is 0.408 e. The van der Waals surface area contributed by atoms with Gasteiger partial charge in [0.05, 0.1) is 4.92 Å². The van der Waals surface area contributed by atoms with Crippen molar-refractivity contribution in [3.8, 4) is 0 Å². The molecule has 7 nitrogen and oxygen atoms in total. The molecule has 3 rings (SSSR count). The van der Waals surface area contributed by atoms with Gasteiger partial charge in [-0.2, -0.15) is 0 Å². The molecule has 1 aliphatic rings. The Labute approximate surface area is 125 Å². The van der Waals surface area contributed by atoms with E-state index < -0.39 is 4.92 Å². The van der Waals surface area contributed by atoms with Gasteiger partial charge in [-0.1, -0.05) is 22.8 Å². The third-order valence-electron chi connectivity index (χ3n) is 3.28. The molecule has 0 aliphatic heterocycles. The highest BCUT2D eigenvalue weighted by atomic mass is 35.5. The van der Waals surface area contributed by atoms with Crippen molar-refractivity contribution in [1.82, 2.24) is 10.2 Å². The highest BCUT2D eigenvalue weighted by Gasteiger charge is 2.24. The van der Waals surface area contributed by atoms with Gasteiger partial charge in [-0.25, -0.2) is 0 Å². The lowest BCUT2D eigenvalue weighted by atomic mass is 10.2. The van der Waals surface area contributed by atoms with E-state index in [4.69, 9.17) is 16.0 Å². The van der Waals surface area contributed by atoms with Gasteiger partial charge in [0.2, 0.25) is 5.89 Å². The van der Waals surface area contributed by atoms with Gasteiger partial charge in [-0.05, 0) is 30.4 Å². The van der Waals surface area contributed by atoms with E-state index in [1.165, 1.54) is 18.9 Å². The molecular formula is C13H13ClN4O3. The molecule has 0 unspecified atom stereocenters. The summed E-state index contributed by atoms with van der Waals surface area (Å²) in [6.45, 7) is 0.406. The first-order chi connectivity index (χ1) is 10.1. The average molecular weight is 309 g/mol. The van der Waals surface area contributed by atoms with Gasteiger partial charge in [-0.15, -0.1) is 5.10 Å². The highest BCUT2D eigenvalue weighted by molar-refractivity contribution is 6.32. The number of nitro benzene ring substituents is 1. The van der Waals surface area contributed by atoms with E-state index >= 15 is 0 Å². The second-order valence-electron chi connectivity index (χ2n) is 5.04. The van der Waals surface area contributed by atoms with Crippen molar-refractivity contribution in [1.29, 1.82) is 0 Å². The molecule has 21 heavy (non-hydrogen) atoms. The lowest BCUT2D eigenvalue weighted by Crippen LogP contribution is -2.00. The number of hydrogen-bond donors (Lipinski definition) is 1. The minimum Gasteiger partial charge on any atom is -0.408 e. The smallest absolute Gasteiger partial charge is 0.315 e. The normalized spacial score (nSPS) is 14.1. The van der Waals surface area contributed by atoms with E-state index in [-0.39, 0.29) is 10.7 Å². The molecule has 110 valence electrons. The maximum Gasteiger partial charge on any atom is 0.315 e. The Hall–Kier alpha value is -2.15. The summed E-state index contributed by atoms with van der Waals surface area (Å²) in [4.78, 5) is 10.2. The zero-order valence-electron chi connectivity index (χ0n) is 11.1. The number of nitrogens with zero attached hydrogens (tertiary/aromatic N) is 3. The number of rotatable bonds is 6. The molecule has 2 aromatic rings. The second-order valence-corrected chi connectivity index (χ2v) is 5.45. The van der Waals surface area contributed by atoms with Crippen LogP contribution in [0, 0.1) is 16.0 Å². The summed E-state index contributed by atoms with van der Waals surface area (Å²) in [5, 5.41) is 21.7. The van der Waals surface area contributed by atoms with Crippen LogP contribution in [-0.4, -0.2) is 15.1 Å². The Morgan fingerprint density at radius 2 is 2.24 bits per heavy atom.